The van der Waals surface area contributed by atoms with E-state index in [4.69, 9.17) is 9.47 Å². The van der Waals surface area contributed by atoms with Gasteiger partial charge in [-0.05, 0) is 0 Å². The minimum atomic E-state index is -0.191. The number of morpholine rings is 1. The summed E-state index contributed by atoms with van der Waals surface area (Å²) in [6, 6.07) is 0. The molecule has 2 aliphatic rings. The van der Waals surface area contributed by atoms with Crippen LogP contribution < -0.4 is 0 Å². The Kier molecular flexibility index (Phi) is 2.26. The van der Waals surface area contributed by atoms with Crippen LogP contribution in [0.25, 0.3) is 0 Å². The molecule has 74 valence electrons. The molecule has 0 aromatic rings. The van der Waals surface area contributed by atoms with Crippen molar-refractivity contribution in [1.29, 1.82) is 0 Å². The summed E-state index contributed by atoms with van der Waals surface area (Å²) in [6.45, 7) is 5.06. The van der Waals surface area contributed by atoms with Gasteiger partial charge in [0.15, 0.2) is 0 Å². The lowest BCUT2D eigenvalue weighted by Crippen LogP contribution is -2.53. The predicted octanol–water partition coefficient (Wildman–Crippen LogP) is 0.0242. The number of carbonyl (C=O) groups excluding carboxylic acids is 1. The van der Waals surface area contributed by atoms with Gasteiger partial charge in [0.1, 0.15) is 5.60 Å². The standard InChI is InChI=1S/C9H15NO3/c1-8(11)10-3-5-13-9(6-10)2-4-12-7-9/h2-7H2,1H3. The van der Waals surface area contributed by atoms with E-state index in [-0.39, 0.29) is 11.5 Å². The number of nitrogens with zero attached hydrogens (tertiary/aromatic N) is 1. The van der Waals surface area contributed by atoms with Crippen LogP contribution in [-0.4, -0.2) is 49.3 Å². The quantitative estimate of drug-likeness (QED) is 0.534. The Labute approximate surface area is 77.8 Å². The van der Waals surface area contributed by atoms with Crippen LogP contribution in [0.3, 0.4) is 0 Å². The van der Waals surface area contributed by atoms with Crippen LogP contribution in [0, 0.1) is 0 Å². The molecule has 2 fully saturated rings. The van der Waals surface area contributed by atoms with Crippen molar-refractivity contribution in [3.8, 4) is 0 Å². The molecule has 4 nitrogen and oxygen atoms in total. The molecular weight excluding hydrogens is 170 g/mol. The number of hydrogen-bond acceptors (Lipinski definition) is 3. The summed E-state index contributed by atoms with van der Waals surface area (Å²) in [6.07, 6.45) is 0.913. The van der Waals surface area contributed by atoms with Gasteiger partial charge < -0.3 is 14.4 Å². The molecule has 1 atom stereocenters. The van der Waals surface area contributed by atoms with Crippen LogP contribution in [0.1, 0.15) is 13.3 Å². The number of rotatable bonds is 0. The van der Waals surface area contributed by atoms with Crippen molar-refractivity contribution >= 4 is 5.91 Å². The van der Waals surface area contributed by atoms with Gasteiger partial charge in [-0.2, -0.15) is 0 Å². The van der Waals surface area contributed by atoms with Crippen LogP contribution in [0.5, 0.6) is 0 Å². The zero-order valence-corrected chi connectivity index (χ0v) is 7.91. The van der Waals surface area contributed by atoms with E-state index >= 15 is 0 Å². The zero-order valence-electron chi connectivity index (χ0n) is 7.91. The van der Waals surface area contributed by atoms with Crippen LogP contribution >= 0.6 is 0 Å². The normalized spacial score (nSPS) is 34.1. The van der Waals surface area contributed by atoms with Gasteiger partial charge in [-0.1, -0.05) is 0 Å². The largest absolute Gasteiger partial charge is 0.378 e. The summed E-state index contributed by atoms with van der Waals surface area (Å²) in [5.41, 5.74) is -0.191. The fourth-order valence-corrected chi connectivity index (χ4v) is 1.94. The van der Waals surface area contributed by atoms with Gasteiger partial charge in [0, 0.05) is 26.5 Å². The second-order valence-electron chi connectivity index (χ2n) is 3.77. The summed E-state index contributed by atoms with van der Waals surface area (Å²) in [5.74, 6) is 0.134. The van der Waals surface area contributed by atoms with Crippen LogP contribution in [0.15, 0.2) is 0 Å². The Balaban J connectivity index is 2.02. The average molecular weight is 185 g/mol. The van der Waals surface area contributed by atoms with Crippen LogP contribution in [-0.2, 0) is 14.3 Å². The molecule has 4 heteroatoms. The van der Waals surface area contributed by atoms with Crippen molar-refractivity contribution in [1.82, 2.24) is 4.90 Å². The maximum atomic E-state index is 11.2. The maximum Gasteiger partial charge on any atom is 0.219 e. The first-order chi connectivity index (χ1) is 6.22. The molecule has 2 rings (SSSR count). The smallest absolute Gasteiger partial charge is 0.219 e. The van der Waals surface area contributed by atoms with Crippen LogP contribution in [0.2, 0.25) is 0 Å². The van der Waals surface area contributed by atoms with Gasteiger partial charge in [-0.3, -0.25) is 4.79 Å². The molecule has 1 amide bonds. The second-order valence-corrected chi connectivity index (χ2v) is 3.77. The monoisotopic (exact) mass is 185 g/mol. The Morgan fingerprint density at radius 2 is 2.31 bits per heavy atom. The summed E-state index contributed by atoms with van der Waals surface area (Å²) in [4.78, 5) is 13.0. The molecule has 0 saturated carbocycles. The highest BCUT2D eigenvalue weighted by Crippen LogP contribution is 2.27. The number of hydrogen-bond donors (Lipinski definition) is 0. The summed E-state index contributed by atoms with van der Waals surface area (Å²) >= 11 is 0. The van der Waals surface area contributed by atoms with E-state index in [0.29, 0.717) is 19.8 Å². The molecular formula is C9H15NO3. The van der Waals surface area contributed by atoms with Crippen molar-refractivity contribution in [3.63, 3.8) is 0 Å². The van der Waals surface area contributed by atoms with Gasteiger partial charge >= 0.3 is 0 Å². The summed E-state index contributed by atoms with van der Waals surface area (Å²) in [5, 5.41) is 0. The van der Waals surface area contributed by atoms with Crippen molar-refractivity contribution in [2.45, 2.75) is 18.9 Å². The van der Waals surface area contributed by atoms with Gasteiger partial charge in [0.2, 0.25) is 5.91 Å². The Hall–Kier alpha value is -0.610. The highest BCUT2D eigenvalue weighted by Gasteiger charge is 2.40. The van der Waals surface area contributed by atoms with E-state index in [0.717, 1.165) is 19.6 Å². The fourth-order valence-electron chi connectivity index (χ4n) is 1.94. The van der Waals surface area contributed by atoms with Gasteiger partial charge in [-0.25, -0.2) is 0 Å². The highest BCUT2D eigenvalue weighted by atomic mass is 16.6. The summed E-state index contributed by atoms with van der Waals surface area (Å²) < 4.78 is 11.0. The third kappa shape index (κ3) is 1.69. The molecule has 2 heterocycles. The van der Waals surface area contributed by atoms with Crippen molar-refractivity contribution in [2.24, 2.45) is 0 Å². The predicted molar refractivity (Wildman–Crippen MR) is 46.4 cm³/mol. The van der Waals surface area contributed by atoms with Crippen molar-refractivity contribution in [3.05, 3.63) is 0 Å². The number of ether oxygens (including phenoxy) is 2. The van der Waals surface area contributed by atoms with E-state index in [1.54, 1.807) is 6.92 Å². The first-order valence-corrected chi connectivity index (χ1v) is 4.69. The second kappa shape index (κ2) is 3.27. The maximum absolute atomic E-state index is 11.2. The van der Waals surface area contributed by atoms with Gasteiger partial charge in [0.25, 0.3) is 0 Å². The topological polar surface area (TPSA) is 38.8 Å². The lowest BCUT2D eigenvalue weighted by Gasteiger charge is -2.38. The first kappa shape index (κ1) is 8.97. The molecule has 1 spiro atoms. The van der Waals surface area contributed by atoms with E-state index in [1.165, 1.54) is 0 Å². The van der Waals surface area contributed by atoms with Gasteiger partial charge in [-0.15, -0.1) is 0 Å². The molecule has 0 bridgehead atoms. The van der Waals surface area contributed by atoms with Crippen LogP contribution in [0.4, 0.5) is 0 Å². The highest BCUT2D eigenvalue weighted by molar-refractivity contribution is 5.73. The summed E-state index contributed by atoms with van der Waals surface area (Å²) in [7, 11) is 0. The van der Waals surface area contributed by atoms with Gasteiger partial charge in [0.05, 0.1) is 19.8 Å². The van der Waals surface area contributed by atoms with E-state index in [9.17, 15) is 4.79 Å². The molecule has 0 aliphatic carbocycles. The molecule has 0 aromatic heterocycles. The van der Waals surface area contributed by atoms with Crippen molar-refractivity contribution < 1.29 is 14.3 Å². The Morgan fingerprint density at radius 3 is 2.92 bits per heavy atom. The van der Waals surface area contributed by atoms with E-state index in [2.05, 4.69) is 0 Å². The first-order valence-electron chi connectivity index (χ1n) is 4.69. The molecule has 0 aromatic carbocycles. The zero-order chi connectivity index (χ0) is 9.31. The molecule has 13 heavy (non-hydrogen) atoms. The molecule has 0 radical (unpaired) electrons. The molecule has 1 unspecified atom stereocenters. The lowest BCUT2D eigenvalue weighted by molar-refractivity contribution is -0.148. The third-order valence-electron chi connectivity index (χ3n) is 2.76. The third-order valence-corrected chi connectivity index (χ3v) is 2.76. The molecule has 2 aliphatic heterocycles. The number of carbonyl (C=O) groups is 1. The molecule has 2 saturated heterocycles. The SMILES string of the molecule is CC(=O)N1CCOC2(CCOC2)C1. The van der Waals surface area contributed by atoms with E-state index in [1.807, 2.05) is 4.90 Å². The molecule has 0 N–H and O–H groups in total. The van der Waals surface area contributed by atoms with Crippen molar-refractivity contribution in [2.75, 3.05) is 32.9 Å². The average Bonchev–Trinajstić information content (AvgIpc) is 2.53. The minimum absolute atomic E-state index is 0.134. The minimum Gasteiger partial charge on any atom is -0.378 e. The lowest BCUT2D eigenvalue weighted by atomic mass is 10.0. The fraction of sp³-hybridized carbons (Fsp3) is 0.889. The number of amides is 1. The Morgan fingerprint density at radius 1 is 1.46 bits per heavy atom. The van der Waals surface area contributed by atoms with E-state index < -0.39 is 0 Å². The Bertz CT molecular complexity index is 211.